The largest absolute Gasteiger partial charge is 0.407 e. The van der Waals surface area contributed by atoms with Gasteiger partial charge >= 0.3 is 0 Å². The third-order valence-corrected chi connectivity index (χ3v) is 9.13. The second-order valence-electron chi connectivity index (χ2n) is 10.3. The van der Waals surface area contributed by atoms with E-state index in [0.717, 1.165) is 36.5 Å². The molecule has 0 amide bonds. The molecule has 5 heteroatoms. The molecule has 0 saturated carbocycles. The molecule has 1 atom stereocenters. The fourth-order valence-electron chi connectivity index (χ4n) is 4.62. The molecule has 179 valence electrons. The Morgan fingerprint density at radius 1 is 0.971 bits per heavy atom. The van der Waals surface area contributed by atoms with Gasteiger partial charge in [0, 0.05) is 41.5 Å². The summed E-state index contributed by atoms with van der Waals surface area (Å²) < 4.78 is 6.60. The van der Waals surface area contributed by atoms with E-state index in [1.807, 2.05) is 18.3 Å². The van der Waals surface area contributed by atoms with Crippen molar-refractivity contribution >= 4 is 47.6 Å². The summed E-state index contributed by atoms with van der Waals surface area (Å²) in [6, 6.07) is 28.4. The van der Waals surface area contributed by atoms with E-state index in [9.17, 15) is 0 Å². The van der Waals surface area contributed by atoms with E-state index >= 15 is 0 Å². The normalized spacial score (nSPS) is 15.7. The van der Waals surface area contributed by atoms with Gasteiger partial charge in [-0.25, -0.2) is 0 Å². The zero-order valence-electron chi connectivity index (χ0n) is 20.7. The van der Waals surface area contributed by atoms with Crippen LogP contribution in [0.25, 0.3) is 10.9 Å². The second kappa shape index (κ2) is 10.1. The number of hydrogen-bond acceptors (Lipinski definition) is 3. The van der Waals surface area contributed by atoms with Crippen molar-refractivity contribution in [2.75, 3.05) is 18.1 Å². The monoisotopic (exact) mass is 499 g/mol. The van der Waals surface area contributed by atoms with Gasteiger partial charge in [-0.2, -0.15) is 0 Å². The van der Waals surface area contributed by atoms with Crippen molar-refractivity contribution in [2.45, 2.75) is 45.1 Å². The van der Waals surface area contributed by atoms with Crippen molar-refractivity contribution < 1.29 is 4.43 Å². The Kier molecular flexibility index (Phi) is 6.97. The minimum Gasteiger partial charge on any atom is -0.407 e. The maximum absolute atomic E-state index is 6.60. The van der Waals surface area contributed by atoms with E-state index in [1.165, 1.54) is 27.0 Å². The van der Waals surface area contributed by atoms with E-state index in [-0.39, 0.29) is 5.41 Å². The molecule has 1 fully saturated rings. The van der Waals surface area contributed by atoms with Gasteiger partial charge in [-0.15, -0.1) is 0 Å². The highest BCUT2D eigenvalue weighted by molar-refractivity contribution is 6.80. The molecule has 5 rings (SSSR count). The number of benzene rings is 3. The summed E-state index contributed by atoms with van der Waals surface area (Å²) in [5.41, 5.74) is 3.72. The summed E-state index contributed by atoms with van der Waals surface area (Å²) in [4.78, 5) is 6.95. The van der Waals surface area contributed by atoms with Crippen molar-refractivity contribution in [1.82, 2.24) is 4.98 Å². The molecule has 3 aromatic carbocycles. The van der Waals surface area contributed by atoms with Crippen LogP contribution in [0.3, 0.4) is 0 Å². The fourth-order valence-corrected chi connectivity index (χ4v) is 6.76. The quantitative estimate of drug-likeness (QED) is 0.169. The minimum absolute atomic E-state index is 0.154. The lowest BCUT2D eigenvalue weighted by Gasteiger charge is -2.21. The molecule has 0 spiro atoms. The molecule has 1 unspecified atom stereocenters. The highest BCUT2D eigenvalue weighted by Gasteiger charge is 2.34. The van der Waals surface area contributed by atoms with Crippen molar-refractivity contribution in [1.29, 1.82) is 0 Å². The van der Waals surface area contributed by atoms with Crippen LogP contribution < -0.4 is 15.3 Å². The van der Waals surface area contributed by atoms with Gasteiger partial charge in [-0.3, -0.25) is 4.98 Å². The zero-order valence-corrected chi connectivity index (χ0v) is 22.4. The van der Waals surface area contributed by atoms with Crippen molar-refractivity contribution in [2.24, 2.45) is 0 Å². The smallest absolute Gasteiger partial charge is 0.282 e. The summed E-state index contributed by atoms with van der Waals surface area (Å²) in [7, 11) is -1.27. The first kappa shape index (κ1) is 24.0. The third kappa shape index (κ3) is 5.61. The van der Waals surface area contributed by atoms with Crippen molar-refractivity contribution in [3.8, 4) is 0 Å². The van der Waals surface area contributed by atoms with Crippen LogP contribution in [-0.2, 0) is 9.84 Å². The van der Waals surface area contributed by atoms with Crippen LogP contribution in [0, 0.1) is 0 Å². The number of aromatic nitrogens is 1. The van der Waals surface area contributed by atoms with Gasteiger partial charge in [-0.05, 0) is 58.5 Å². The first-order valence-corrected chi connectivity index (χ1v) is 14.2. The van der Waals surface area contributed by atoms with Gasteiger partial charge in [0.25, 0.3) is 9.04 Å². The van der Waals surface area contributed by atoms with Gasteiger partial charge in [0.2, 0.25) is 0 Å². The SMILES string of the molecule is CC(C)(C)c1ccc([Si](OCCCC2CN2c2ccnc3cc(Cl)ccc23)c2ccccc2)cc1. The van der Waals surface area contributed by atoms with E-state index in [2.05, 4.69) is 97.4 Å². The van der Waals surface area contributed by atoms with Crippen LogP contribution in [0.1, 0.15) is 39.2 Å². The van der Waals surface area contributed by atoms with Gasteiger partial charge in [0.05, 0.1) is 5.52 Å². The van der Waals surface area contributed by atoms with E-state index < -0.39 is 9.04 Å². The maximum atomic E-state index is 6.60. The molecule has 1 saturated heterocycles. The molecular weight excluding hydrogens is 468 g/mol. The minimum atomic E-state index is -1.27. The fraction of sp³-hybridized carbons (Fsp3) is 0.300. The predicted molar refractivity (Wildman–Crippen MR) is 150 cm³/mol. The molecule has 1 radical (unpaired) electrons. The Morgan fingerprint density at radius 2 is 1.71 bits per heavy atom. The van der Waals surface area contributed by atoms with Crippen molar-refractivity contribution in [3.63, 3.8) is 0 Å². The Hall–Kier alpha value is -2.66. The average molecular weight is 500 g/mol. The molecule has 0 N–H and O–H groups in total. The van der Waals surface area contributed by atoms with Crippen LogP contribution in [0.2, 0.25) is 5.02 Å². The number of nitrogens with zero attached hydrogens (tertiary/aromatic N) is 2. The van der Waals surface area contributed by atoms with Crippen LogP contribution >= 0.6 is 11.6 Å². The third-order valence-electron chi connectivity index (χ3n) is 6.68. The highest BCUT2D eigenvalue weighted by Crippen LogP contribution is 2.36. The molecule has 1 aliphatic rings. The van der Waals surface area contributed by atoms with Crippen molar-refractivity contribution in [3.05, 3.63) is 95.6 Å². The first-order valence-electron chi connectivity index (χ1n) is 12.4. The lowest BCUT2D eigenvalue weighted by atomic mass is 9.87. The van der Waals surface area contributed by atoms with E-state index in [1.54, 1.807) is 0 Å². The zero-order chi connectivity index (χ0) is 24.4. The molecule has 35 heavy (non-hydrogen) atoms. The Morgan fingerprint density at radius 3 is 2.46 bits per heavy atom. The van der Waals surface area contributed by atoms with Gasteiger partial charge in [-0.1, -0.05) is 87.0 Å². The number of anilines is 1. The number of hydrogen-bond donors (Lipinski definition) is 0. The predicted octanol–water partition coefficient (Wildman–Crippen LogP) is 5.98. The Labute approximate surface area is 215 Å². The number of halogens is 1. The first-order chi connectivity index (χ1) is 16.9. The molecule has 3 nitrogen and oxygen atoms in total. The molecule has 1 aromatic heterocycles. The molecule has 1 aliphatic heterocycles. The summed E-state index contributed by atoms with van der Waals surface area (Å²) in [6.45, 7) is 8.64. The lowest BCUT2D eigenvalue weighted by Crippen LogP contribution is -2.45. The molecule has 0 bridgehead atoms. The summed E-state index contributed by atoms with van der Waals surface area (Å²) >= 11 is 6.16. The highest BCUT2D eigenvalue weighted by atomic mass is 35.5. The topological polar surface area (TPSA) is 25.1 Å². The maximum Gasteiger partial charge on any atom is 0.282 e. The van der Waals surface area contributed by atoms with E-state index in [0.29, 0.717) is 6.04 Å². The number of fused-ring (bicyclic) bond motifs is 1. The number of pyridine rings is 1. The molecular formula is C30H32ClN2OSi. The van der Waals surface area contributed by atoms with Crippen LogP contribution in [0.15, 0.2) is 85.1 Å². The molecule has 4 aromatic rings. The Balaban J connectivity index is 1.21. The van der Waals surface area contributed by atoms with Gasteiger partial charge < -0.3 is 9.33 Å². The summed E-state index contributed by atoms with van der Waals surface area (Å²) in [6.07, 6.45) is 4.06. The number of rotatable bonds is 8. The van der Waals surface area contributed by atoms with Gasteiger partial charge in [0.1, 0.15) is 0 Å². The molecule has 0 aliphatic carbocycles. The van der Waals surface area contributed by atoms with Gasteiger partial charge in [0.15, 0.2) is 0 Å². The standard InChI is InChI=1S/C30H32ClN2OSi/c1-30(2,3)22-11-14-26(15-12-22)35(25-9-5-4-6-10-25)34-19-7-8-24-21-33(24)29-17-18-32-28-20-23(31)13-16-27(28)29/h4-6,9-18,20,24H,7-8,19,21H2,1-3H3. The summed E-state index contributed by atoms with van der Waals surface area (Å²) in [5, 5.41) is 4.51. The van der Waals surface area contributed by atoms with Crippen LogP contribution in [0.5, 0.6) is 0 Å². The Bertz CT molecular complexity index is 1290. The summed E-state index contributed by atoms with van der Waals surface area (Å²) in [5.74, 6) is 0. The second-order valence-corrected chi connectivity index (χ2v) is 12.8. The van der Waals surface area contributed by atoms with Crippen LogP contribution in [-0.4, -0.2) is 33.2 Å². The average Bonchev–Trinajstić information content (AvgIpc) is 3.63. The molecule has 2 heterocycles. The van der Waals surface area contributed by atoms with E-state index in [4.69, 9.17) is 16.0 Å². The van der Waals surface area contributed by atoms with Crippen LogP contribution in [0.4, 0.5) is 5.69 Å². The lowest BCUT2D eigenvalue weighted by molar-refractivity contribution is 0.321.